The number of hydrogen-bond acceptors (Lipinski definition) is 3. The van der Waals surface area contributed by atoms with E-state index in [2.05, 4.69) is 17.6 Å². The highest BCUT2D eigenvalue weighted by Crippen LogP contribution is 2.34. The Hall–Kier alpha value is -0.610. The Bertz CT molecular complexity index is 292. The van der Waals surface area contributed by atoms with Crippen LogP contribution in [0.1, 0.15) is 51.9 Å². The van der Waals surface area contributed by atoms with Gasteiger partial charge in [-0.15, -0.1) is 0 Å². The van der Waals surface area contributed by atoms with Crippen LogP contribution in [0.15, 0.2) is 0 Å². The minimum Gasteiger partial charge on any atom is -0.394 e. The topological polar surface area (TPSA) is 61.4 Å². The summed E-state index contributed by atoms with van der Waals surface area (Å²) >= 11 is 0. The summed E-state index contributed by atoms with van der Waals surface area (Å²) in [6.45, 7) is 3.95. The maximum absolute atomic E-state index is 12.6. The molecule has 0 aromatic carbocycles. The average molecular weight is 254 g/mol. The number of carbonyl (C=O) groups is 1. The number of nitrogens with one attached hydrogen (secondary N) is 2. The van der Waals surface area contributed by atoms with Gasteiger partial charge >= 0.3 is 0 Å². The van der Waals surface area contributed by atoms with E-state index in [1.54, 1.807) is 0 Å². The normalized spacial score (nSPS) is 31.2. The van der Waals surface area contributed by atoms with Gasteiger partial charge in [0.25, 0.3) is 0 Å². The Labute approximate surface area is 110 Å². The first-order chi connectivity index (χ1) is 8.66. The average Bonchev–Trinajstić information content (AvgIpc) is 2.88. The van der Waals surface area contributed by atoms with Crippen LogP contribution in [0.5, 0.6) is 0 Å². The van der Waals surface area contributed by atoms with Gasteiger partial charge in [0, 0.05) is 6.54 Å². The molecule has 0 radical (unpaired) electrons. The van der Waals surface area contributed by atoms with Gasteiger partial charge in [0.1, 0.15) is 0 Å². The van der Waals surface area contributed by atoms with Crippen LogP contribution in [-0.2, 0) is 4.79 Å². The zero-order valence-electron chi connectivity index (χ0n) is 11.4. The third kappa shape index (κ3) is 2.54. The van der Waals surface area contributed by atoms with Crippen molar-refractivity contribution in [3.8, 4) is 0 Å². The molecule has 1 saturated heterocycles. The molecule has 0 aromatic rings. The molecule has 2 rings (SSSR count). The van der Waals surface area contributed by atoms with Crippen molar-refractivity contribution in [2.75, 3.05) is 19.7 Å². The molecule has 1 unspecified atom stereocenters. The summed E-state index contributed by atoms with van der Waals surface area (Å²) < 4.78 is 0. The highest BCUT2D eigenvalue weighted by atomic mass is 16.3. The smallest absolute Gasteiger partial charge is 0.228 e. The van der Waals surface area contributed by atoms with E-state index in [0.29, 0.717) is 0 Å². The van der Waals surface area contributed by atoms with Gasteiger partial charge in [-0.25, -0.2) is 0 Å². The molecule has 104 valence electrons. The molecule has 4 nitrogen and oxygen atoms in total. The molecule has 4 heteroatoms. The SMILES string of the molecule is CCC1(C(=O)NC2(CO)CCCC2)CCCNC1. The lowest BCUT2D eigenvalue weighted by atomic mass is 9.76. The molecular formula is C14H26N2O2. The van der Waals surface area contributed by atoms with Crippen LogP contribution < -0.4 is 10.6 Å². The van der Waals surface area contributed by atoms with Crippen molar-refractivity contribution < 1.29 is 9.90 Å². The van der Waals surface area contributed by atoms with Gasteiger partial charge in [-0.2, -0.15) is 0 Å². The fourth-order valence-electron chi connectivity index (χ4n) is 3.37. The molecule has 1 saturated carbocycles. The minimum atomic E-state index is -0.337. The molecule has 0 aromatic heterocycles. The summed E-state index contributed by atoms with van der Waals surface area (Å²) in [6.07, 6.45) is 6.95. The number of aliphatic hydroxyl groups is 1. The largest absolute Gasteiger partial charge is 0.394 e. The van der Waals surface area contributed by atoms with Crippen LogP contribution in [0.3, 0.4) is 0 Å². The van der Waals surface area contributed by atoms with Crippen molar-refractivity contribution in [2.45, 2.75) is 57.4 Å². The fraction of sp³-hybridized carbons (Fsp3) is 0.929. The van der Waals surface area contributed by atoms with Gasteiger partial charge in [0.05, 0.1) is 17.6 Å². The van der Waals surface area contributed by atoms with Gasteiger partial charge in [-0.3, -0.25) is 4.79 Å². The summed E-state index contributed by atoms with van der Waals surface area (Å²) in [4.78, 5) is 12.6. The van der Waals surface area contributed by atoms with E-state index in [9.17, 15) is 9.90 Å². The number of aliphatic hydroxyl groups excluding tert-OH is 1. The highest BCUT2D eigenvalue weighted by Gasteiger charge is 2.43. The Morgan fingerprint density at radius 3 is 2.50 bits per heavy atom. The van der Waals surface area contributed by atoms with Crippen LogP contribution in [0.4, 0.5) is 0 Å². The van der Waals surface area contributed by atoms with Gasteiger partial charge in [0.15, 0.2) is 0 Å². The lowest BCUT2D eigenvalue weighted by Crippen LogP contribution is -2.57. The van der Waals surface area contributed by atoms with E-state index in [1.807, 2.05) is 0 Å². The van der Waals surface area contributed by atoms with Crippen LogP contribution in [-0.4, -0.2) is 36.2 Å². The first-order valence-electron chi connectivity index (χ1n) is 7.31. The Kier molecular flexibility index (Phi) is 4.28. The maximum atomic E-state index is 12.6. The molecule has 0 bridgehead atoms. The summed E-state index contributed by atoms with van der Waals surface area (Å²) in [5.74, 6) is 0.146. The van der Waals surface area contributed by atoms with E-state index in [-0.39, 0.29) is 23.5 Å². The number of amides is 1. The molecule has 18 heavy (non-hydrogen) atoms. The Balaban J connectivity index is 2.05. The zero-order valence-corrected chi connectivity index (χ0v) is 11.4. The van der Waals surface area contributed by atoms with E-state index in [0.717, 1.165) is 58.0 Å². The zero-order chi connectivity index (χ0) is 13.1. The highest BCUT2D eigenvalue weighted by molar-refractivity contribution is 5.83. The molecule has 1 heterocycles. The molecular weight excluding hydrogens is 228 g/mol. The van der Waals surface area contributed by atoms with Crippen LogP contribution in [0, 0.1) is 5.41 Å². The monoisotopic (exact) mass is 254 g/mol. The first-order valence-corrected chi connectivity index (χ1v) is 7.31. The quantitative estimate of drug-likeness (QED) is 0.706. The summed E-state index contributed by atoms with van der Waals surface area (Å²) in [5, 5.41) is 16.1. The third-order valence-corrected chi connectivity index (χ3v) is 4.87. The minimum absolute atomic E-state index is 0.0754. The molecule has 2 aliphatic rings. The lowest BCUT2D eigenvalue weighted by Gasteiger charge is -2.39. The molecule has 1 amide bonds. The van der Waals surface area contributed by atoms with Crippen molar-refractivity contribution in [1.29, 1.82) is 0 Å². The fourth-order valence-corrected chi connectivity index (χ4v) is 3.37. The van der Waals surface area contributed by atoms with Crippen LogP contribution in [0.25, 0.3) is 0 Å². The predicted octanol–water partition coefficient (Wildman–Crippen LogP) is 1.19. The lowest BCUT2D eigenvalue weighted by molar-refractivity contribution is -0.135. The van der Waals surface area contributed by atoms with Gasteiger partial charge in [0.2, 0.25) is 5.91 Å². The van der Waals surface area contributed by atoms with Crippen molar-refractivity contribution in [2.24, 2.45) is 5.41 Å². The van der Waals surface area contributed by atoms with E-state index in [1.165, 1.54) is 0 Å². The van der Waals surface area contributed by atoms with Crippen molar-refractivity contribution >= 4 is 5.91 Å². The number of piperidine rings is 1. The second-order valence-corrected chi connectivity index (χ2v) is 6.01. The van der Waals surface area contributed by atoms with Gasteiger partial charge in [-0.05, 0) is 38.6 Å². The standard InChI is InChI=1S/C14H26N2O2/c1-2-13(6-5-9-15-10-13)12(18)16-14(11-17)7-3-4-8-14/h15,17H,2-11H2,1H3,(H,16,18). The van der Waals surface area contributed by atoms with E-state index in [4.69, 9.17) is 0 Å². The van der Waals surface area contributed by atoms with Crippen molar-refractivity contribution in [1.82, 2.24) is 10.6 Å². The maximum Gasteiger partial charge on any atom is 0.228 e. The predicted molar refractivity (Wildman–Crippen MR) is 71.3 cm³/mol. The summed E-state index contributed by atoms with van der Waals surface area (Å²) in [7, 11) is 0. The van der Waals surface area contributed by atoms with Crippen molar-refractivity contribution in [3.63, 3.8) is 0 Å². The Morgan fingerprint density at radius 1 is 1.28 bits per heavy atom. The summed E-state index contributed by atoms with van der Waals surface area (Å²) in [6, 6.07) is 0. The van der Waals surface area contributed by atoms with Gasteiger partial charge < -0.3 is 15.7 Å². The number of rotatable bonds is 4. The number of carbonyl (C=O) groups excluding carboxylic acids is 1. The van der Waals surface area contributed by atoms with E-state index < -0.39 is 0 Å². The molecule has 1 atom stereocenters. The molecule has 2 fully saturated rings. The first kappa shape index (κ1) is 13.8. The third-order valence-electron chi connectivity index (χ3n) is 4.87. The molecule has 1 aliphatic carbocycles. The molecule has 1 aliphatic heterocycles. The van der Waals surface area contributed by atoms with Crippen molar-refractivity contribution in [3.05, 3.63) is 0 Å². The van der Waals surface area contributed by atoms with Gasteiger partial charge in [-0.1, -0.05) is 19.8 Å². The van der Waals surface area contributed by atoms with E-state index >= 15 is 0 Å². The summed E-state index contributed by atoms with van der Waals surface area (Å²) in [5.41, 5.74) is -0.598. The van der Waals surface area contributed by atoms with Crippen LogP contribution >= 0.6 is 0 Å². The van der Waals surface area contributed by atoms with Crippen LogP contribution in [0.2, 0.25) is 0 Å². The second-order valence-electron chi connectivity index (χ2n) is 6.01. The second kappa shape index (κ2) is 5.57. The number of hydrogen-bond donors (Lipinski definition) is 3. The molecule has 0 spiro atoms. The Morgan fingerprint density at radius 2 is 2.00 bits per heavy atom. The molecule has 3 N–H and O–H groups in total.